The molecule has 0 saturated heterocycles. The van der Waals surface area contributed by atoms with Gasteiger partial charge in [-0.15, -0.1) is 0 Å². The maximum Gasteiger partial charge on any atom is 0.0547 e. The van der Waals surface area contributed by atoms with Gasteiger partial charge in [-0.2, -0.15) is 0 Å². The highest BCUT2D eigenvalue weighted by molar-refractivity contribution is 6.10. The third-order valence-corrected chi connectivity index (χ3v) is 11.1. The highest BCUT2D eigenvalue weighted by atomic mass is 15.1. The molecular formula is C47H36N2. The molecule has 0 amide bonds. The van der Waals surface area contributed by atoms with Crippen molar-refractivity contribution >= 4 is 38.9 Å². The Kier molecular flexibility index (Phi) is 6.39. The van der Waals surface area contributed by atoms with E-state index in [0.717, 1.165) is 5.69 Å². The summed E-state index contributed by atoms with van der Waals surface area (Å²) in [5.74, 6) is 0. The van der Waals surface area contributed by atoms with Crippen LogP contribution in [0.4, 0.5) is 17.1 Å². The van der Waals surface area contributed by atoms with E-state index in [1.54, 1.807) is 0 Å². The molecule has 1 heterocycles. The average Bonchev–Trinajstić information content (AvgIpc) is 3.87. The largest absolute Gasteiger partial charge is 0.310 e. The molecule has 2 aliphatic rings. The summed E-state index contributed by atoms with van der Waals surface area (Å²) in [4.78, 5) is 2.42. The molecular weight excluding hydrogens is 593 g/mol. The van der Waals surface area contributed by atoms with E-state index < -0.39 is 0 Å². The summed E-state index contributed by atoms with van der Waals surface area (Å²) >= 11 is 0. The predicted octanol–water partition coefficient (Wildman–Crippen LogP) is 12.8. The van der Waals surface area contributed by atoms with Crippen molar-refractivity contribution in [2.45, 2.75) is 31.1 Å². The average molecular weight is 629 g/mol. The van der Waals surface area contributed by atoms with Gasteiger partial charge in [-0.3, -0.25) is 0 Å². The van der Waals surface area contributed by atoms with Gasteiger partial charge in [-0.05, 0) is 107 Å². The van der Waals surface area contributed by atoms with Gasteiger partial charge in [0.1, 0.15) is 0 Å². The lowest BCUT2D eigenvalue weighted by atomic mass is 9.76. The fraction of sp³-hybridized carbons (Fsp3) is 0.106. The van der Waals surface area contributed by atoms with E-state index in [2.05, 4.69) is 179 Å². The van der Waals surface area contributed by atoms with Crippen molar-refractivity contribution in [3.63, 3.8) is 0 Å². The van der Waals surface area contributed by atoms with Crippen LogP contribution in [0.2, 0.25) is 0 Å². The Bertz CT molecular complexity index is 2480. The van der Waals surface area contributed by atoms with Gasteiger partial charge in [-0.25, -0.2) is 0 Å². The van der Waals surface area contributed by atoms with Crippen LogP contribution in [-0.4, -0.2) is 4.57 Å². The Hall–Kier alpha value is -5.86. The van der Waals surface area contributed by atoms with Gasteiger partial charge in [0.25, 0.3) is 0 Å². The molecule has 1 saturated carbocycles. The summed E-state index contributed by atoms with van der Waals surface area (Å²) in [6.45, 7) is 0. The van der Waals surface area contributed by atoms with Crippen LogP contribution in [0, 0.1) is 0 Å². The molecule has 0 radical (unpaired) electrons. The smallest absolute Gasteiger partial charge is 0.0547 e. The number of hydrogen-bond donors (Lipinski definition) is 0. The van der Waals surface area contributed by atoms with E-state index in [1.807, 2.05) is 0 Å². The number of para-hydroxylation sites is 3. The molecule has 0 unspecified atom stereocenters. The fourth-order valence-corrected chi connectivity index (χ4v) is 8.93. The molecule has 49 heavy (non-hydrogen) atoms. The maximum absolute atomic E-state index is 2.50. The normalized spacial score (nSPS) is 14.4. The van der Waals surface area contributed by atoms with Crippen LogP contribution in [0.15, 0.2) is 170 Å². The van der Waals surface area contributed by atoms with Gasteiger partial charge in [0, 0.05) is 38.9 Å². The Morgan fingerprint density at radius 3 is 1.86 bits per heavy atom. The van der Waals surface area contributed by atoms with Gasteiger partial charge in [0.05, 0.1) is 11.0 Å². The minimum Gasteiger partial charge on any atom is -0.310 e. The van der Waals surface area contributed by atoms with Crippen LogP contribution in [0.3, 0.4) is 0 Å². The maximum atomic E-state index is 2.50. The highest BCUT2D eigenvalue weighted by Gasteiger charge is 2.45. The summed E-state index contributed by atoms with van der Waals surface area (Å²) in [6.07, 6.45) is 5.04. The molecule has 1 fully saturated rings. The molecule has 2 heteroatoms. The predicted molar refractivity (Wildman–Crippen MR) is 206 cm³/mol. The van der Waals surface area contributed by atoms with Crippen molar-refractivity contribution < 1.29 is 0 Å². The van der Waals surface area contributed by atoms with E-state index in [-0.39, 0.29) is 5.41 Å². The van der Waals surface area contributed by atoms with Gasteiger partial charge < -0.3 is 9.47 Å². The second-order valence-electron chi connectivity index (χ2n) is 13.7. The van der Waals surface area contributed by atoms with E-state index in [4.69, 9.17) is 0 Å². The summed E-state index contributed by atoms with van der Waals surface area (Å²) in [5, 5.41) is 2.55. The number of nitrogens with zero attached hydrogens (tertiary/aromatic N) is 2. The highest BCUT2D eigenvalue weighted by Crippen LogP contribution is 2.57. The molecule has 10 rings (SSSR count). The third-order valence-electron chi connectivity index (χ3n) is 11.1. The van der Waals surface area contributed by atoms with Crippen molar-refractivity contribution in [2.75, 3.05) is 4.90 Å². The Balaban J connectivity index is 1.08. The lowest BCUT2D eigenvalue weighted by molar-refractivity contribution is 0.550. The zero-order valence-corrected chi connectivity index (χ0v) is 27.4. The summed E-state index contributed by atoms with van der Waals surface area (Å²) in [6, 6.07) is 62.6. The molecule has 0 bridgehead atoms. The number of fused-ring (bicyclic) bond motifs is 8. The minimum atomic E-state index is 0.134. The van der Waals surface area contributed by atoms with Crippen molar-refractivity contribution in [1.82, 2.24) is 4.57 Å². The summed E-state index contributed by atoms with van der Waals surface area (Å²) < 4.78 is 2.39. The molecule has 0 aliphatic heterocycles. The van der Waals surface area contributed by atoms with E-state index in [0.29, 0.717) is 0 Å². The SMILES string of the molecule is c1ccc(N(c2ccc(-c3ccc4c5ccccc5n(-c5ccccc5)c4c3)cc2)c2ccc3c(c2)C2(CCCC2)c2ccccc2-3)cc1. The summed E-state index contributed by atoms with van der Waals surface area (Å²) in [7, 11) is 0. The monoisotopic (exact) mass is 628 g/mol. The fourth-order valence-electron chi connectivity index (χ4n) is 8.93. The van der Waals surface area contributed by atoms with Crippen molar-refractivity contribution in [3.05, 3.63) is 181 Å². The lowest BCUT2D eigenvalue weighted by Crippen LogP contribution is -2.21. The number of anilines is 3. The van der Waals surface area contributed by atoms with Crippen LogP contribution >= 0.6 is 0 Å². The van der Waals surface area contributed by atoms with E-state index >= 15 is 0 Å². The van der Waals surface area contributed by atoms with Crippen molar-refractivity contribution in [1.29, 1.82) is 0 Å². The number of rotatable bonds is 5. The first-order valence-corrected chi connectivity index (χ1v) is 17.6. The molecule has 234 valence electrons. The molecule has 1 aromatic heterocycles. The van der Waals surface area contributed by atoms with Crippen molar-refractivity contribution in [3.8, 4) is 27.9 Å². The number of benzene rings is 7. The van der Waals surface area contributed by atoms with Crippen LogP contribution < -0.4 is 4.90 Å². The Morgan fingerprint density at radius 1 is 0.429 bits per heavy atom. The first kappa shape index (κ1) is 28.2. The molecule has 7 aromatic carbocycles. The Morgan fingerprint density at radius 2 is 1.04 bits per heavy atom. The number of hydrogen-bond acceptors (Lipinski definition) is 1. The molecule has 2 aliphatic carbocycles. The van der Waals surface area contributed by atoms with Crippen LogP contribution in [-0.2, 0) is 5.41 Å². The zero-order chi connectivity index (χ0) is 32.4. The van der Waals surface area contributed by atoms with Crippen LogP contribution in [0.1, 0.15) is 36.8 Å². The topological polar surface area (TPSA) is 8.17 Å². The molecule has 0 N–H and O–H groups in total. The van der Waals surface area contributed by atoms with Gasteiger partial charge in [0.2, 0.25) is 0 Å². The minimum absolute atomic E-state index is 0.134. The second kappa shape index (κ2) is 11.1. The molecule has 0 atom stereocenters. The molecule has 8 aromatic rings. The zero-order valence-electron chi connectivity index (χ0n) is 27.4. The van der Waals surface area contributed by atoms with Crippen LogP contribution in [0.5, 0.6) is 0 Å². The van der Waals surface area contributed by atoms with Crippen molar-refractivity contribution in [2.24, 2.45) is 0 Å². The molecule has 2 nitrogen and oxygen atoms in total. The van der Waals surface area contributed by atoms with E-state index in [9.17, 15) is 0 Å². The van der Waals surface area contributed by atoms with Gasteiger partial charge >= 0.3 is 0 Å². The third kappa shape index (κ3) is 4.34. The van der Waals surface area contributed by atoms with Gasteiger partial charge in [-0.1, -0.05) is 122 Å². The second-order valence-corrected chi connectivity index (χ2v) is 13.7. The first-order chi connectivity index (χ1) is 24.3. The van der Waals surface area contributed by atoms with Crippen LogP contribution in [0.25, 0.3) is 49.7 Å². The van der Waals surface area contributed by atoms with Gasteiger partial charge in [0.15, 0.2) is 0 Å². The standard InChI is InChI=1S/C47H36N2/c1-3-13-35(14-4-1)48(38-26-28-40-39-17-7-9-19-43(39)47(44(40)32-38)29-11-12-30-47)37-24-21-33(22-25-37)34-23-27-42-41-18-8-10-20-45(41)49(46(42)31-34)36-15-5-2-6-16-36/h1-10,13-28,31-32H,11-12,29-30H2. The van der Waals surface area contributed by atoms with E-state index in [1.165, 1.54) is 97.9 Å². The number of aromatic nitrogens is 1. The lowest BCUT2D eigenvalue weighted by Gasteiger charge is -2.30. The first-order valence-electron chi connectivity index (χ1n) is 17.6. The quantitative estimate of drug-likeness (QED) is 0.184. The molecule has 1 spiro atoms. The summed E-state index contributed by atoms with van der Waals surface area (Å²) in [5.41, 5.74) is 15.6. The Labute approximate surface area is 287 Å².